The van der Waals surface area contributed by atoms with Gasteiger partial charge in [0.25, 0.3) is 0 Å². The summed E-state index contributed by atoms with van der Waals surface area (Å²) in [6.07, 6.45) is 7.54. The summed E-state index contributed by atoms with van der Waals surface area (Å²) in [6, 6.07) is 13.0. The number of allylic oxidation sites excluding steroid dienone is 4. The van der Waals surface area contributed by atoms with E-state index in [0.717, 1.165) is 6.42 Å². The van der Waals surface area contributed by atoms with Crippen LogP contribution >= 0.6 is 0 Å². The molecule has 0 saturated heterocycles. The molecule has 0 unspecified atom stereocenters. The molecular formula is C21H23N. The molecule has 0 N–H and O–H groups in total. The average molecular weight is 289 g/mol. The summed E-state index contributed by atoms with van der Waals surface area (Å²) in [5.41, 5.74) is 5.27. The SMILES string of the molecule is CC1=C(c2ccc3ccccc3c2/C=N/C(C)(C)C)CC=C1. The van der Waals surface area contributed by atoms with Crippen LogP contribution in [0.3, 0.4) is 0 Å². The zero-order chi connectivity index (χ0) is 15.7. The molecule has 0 atom stereocenters. The van der Waals surface area contributed by atoms with Crippen LogP contribution in [0.5, 0.6) is 0 Å². The predicted octanol–water partition coefficient (Wildman–Crippen LogP) is 5.79. The van der Waals surface area contributed by atoms with E-state index in [-0.39, 0.29) is 5.54 Å². The van der Waals surface area contributed by atoms with Crippen molar-refractivity contribution in [2.75, 3.05) is 0 Å². The van der Waals surface area contributed by atoms with Crippen molar-refractivity contribution < 1.29 is 0 Å². The van der Waals surface area contributed by atoms with Gasteiger partial charge >= 0.3 is 0 Å². The van der Waals surface area contributed by atoms with E-state index < -0.39 is 0 Å². The number of rotatable bonds is 2. The second kappa shape index (κ2) is 5.57. The van der Waals surface area contributed by atoms with Crippen molar-refractivity contribution in [2.45, 2.75) is 39.7 Å². The molecule has 0 aromatic heterocycles. The van der Waals surface area contributed by atoms with E-state index in [1.807, 2.05) is 0 Å². The highest BCUT2D eigenvalue weighted by molar-refractivity contribution is 6.05. The molecule has 3 rings (SSSR count). The summed E-state index contributed by atoms with van der Waals surface area (Å²) in [6.45, 7) is 8.60. The third kappa shape index (κ3) is 2.89. The first kappa shape index (κ1) is 14.8. The van der Waals surface area contributed by atoms with E-state index in [0.29, 0.717) is 0 Å². The van der Waals surface area contributed by atoms with Gasteiger partial charge in [-0.3, -0.25) is 4.99 Å². The molecular weight excluding hydrogens is 266 g/mol. The molecule has 2 aromatic carbocycles. The van der Waals surface area contributed by atoms with Crippen LogP contribution in [0.4, 0.5) is 0 Å². The first-order valence-electron chi connectivity index (χ1n) is 7.89. The van der Waals surface area contributed by atoms with E-state index in [1.165, 1.54) is 33.0 Å². The molecule has 0 spiro atoms. The Bertz CT molecular complexity index is 798. The van der Waals surface area contributed by atoms with Crippen molar-refractivity contribution in [3.63, 3.8) is 0 Å². The number of aliphatic imine (C=N–C) groups is 1. The van der Waals surface area contributed by atoms with E-state index in [1.54, 1.807) is 0 Å². The van der Waals surface area contributed by atoms with Gasteiger partial charge in [0.1, 0.15) is 0 Å². The second-order valence-electron chi connectivity index (χ2n) is 6.95. The maximum Gasteiger partial charge on any atom is 0.0524 e. The van der Waals surface area contributed by atoms with Crippen molar-refractivity contribution >= 4 is 22.6 Å². The minimum atomic E-state index is -0.0639. The number of hydrogen-bond donors (Lipinski definition) is 0. The molecule has 0 heterocycles. The Balaban J connectivity index is 2.24. The van der Waals surface area contributed by atoms with Gasteiger partial charge < -0.3 is 0 Å². The number of benzene rings is 2. The molecule has 0 aliphatic heterocycles. The lowest BCUT2D eigenvalue weighted by molar-refractivity contribution is 0.587. The highest BCUT2D eigenvalue weighted by Gasteiger charge is 2.14. The lowest BCUT2D eigenvalue weighted by atomic mass is 9.92. The highest BCUT2D eigenvalue weighted by atomic mass is 14.8. The molecule has 1 nitrogen and oxygen atoms in total. The van der Waals surface area contributed by atoms with Crippen LogP contribution in [0.15, 0.2) is 59.1 Å². The predicted molar refractivity (Wildman–Crippen MR) is 97.6 cm³/mol. The van der Waals surface area contributed by atoms with Crippen LogP contribution in [0, 0.1) is 0 Å². The van der Waals surface area contributed by atoms with Crippen LogP contribution in [-0.2, 0) is 0 Å². The summed E-state index contributed by atoms with van der Waals surface area (Å²) in [5, 5.41) is 2.55. The van der Waals surface area contributed by atoms with Crippen LogP contribution in [0.2, 0.25) is 0 Å². The number of nitrogens with zero attached hydrogens (tertiary/aromatic N) is 1. The first-order chi connectivity index (χ1) is 10.5. The minimum Gasteiger partial charge on any atom is -0.287 e. The lowest BCUT2D eigenvalue weighted by Crippen LogP contribution is -2.10. The van der Waals surface area contributed by atoms with Crippen LogP contribution in [-0.4, -0.2) is 11.8 Å². The third-order valence-electron chi connectivity index (χ3n) is 4.04. The van der Waals surface area contributed by atoms with Gasteiger partial charge in [0.2, 0.25) is 0 Å². The topological polar surface area (TPSA) is 12.4 Å². The van der Waals surface area contributed by atoms with E-state index >= 15 is 0 Å². The molecule has 0 radical (unpaired) electrons. The number of hydrogen-bond acceptors (Lipinski definition) is 1. The lowest BCUT2D eigenvalue weighted by Gasteiger charge is -2.15. The summed E-state index contributed by atoms with van der Waals surface area (Å²) < 4.78 is 0. The van der Waals surface area contributed by atoms with Crippen molar-refractivity contribution in [1.29, 1.82) is 0 Å². The Morgan fingerprint density at radius 2 is 1.82 bits per heavy atom. The minimum absolute atomic E-state index is 0.0639. The molecule has 22 heavy (non-hydrogen) atoms. The van der Waals surface area contributed by atoms with Crippen molar-refractivity contribution in [3.8, 4) is 0 Å². The van der Waals surface area contributed by atoms with Gasteiger partial charge in [-0.05, 0) is 61.6 Å². The monoisotopic (exact) mass is 289 g/mol. The Morgan fingerprint density at radius 3 is 2.50 bits per heavy atom. The van der Waals surface area contributed by atoms with E-state index in [2.05, 4.69) is 82.5 Å². The third-order valence-corrected chi connectivity index (χ3v) is 4.04. The maximum atomic E-state index is 4.77. The zero-order valence-corrected chi connectivity index (χ0v) is 13.9. The van der Waals surface area contributed by atoms with Gasteiger partial charge in [-0.15, -0.1) is 0 Å². The highest BCUT2D eigenvalue weighted by Crippen LogP contribution is 2.33. The van der Waals surface area contributed by atoms with Gasteiger partial charge in [-0.2, -0.15) is 0 Å². The first-order valence-corrected chi connectivity index (χ1v) is 7.89. The quantitative estimate of drug-likeness (QED) is 0.620. The van der Waals surface area contributed by atoms with Crippen LogP contribution in [0.25, 0.3) is 16.3 Å². The molecule has 1 aliphatic rings. The second-order valence-corrected chi connectivity index (χ2v) is 6.95. The smallest absolute Gasteiger partial charge is 0.0524 e. The van der Waals surface area contributed by atoms with Crippen molar-refractivity contribution in [2.24, 2.45) is 4.99 Å². The molecule has 0 bridgehead atoms. The summed E-state index contributed by atoms with van der Waals surface area (Å²) >= 11 is 0. The van der Waals surface area contributed by atoms with Crippen molar-refractivity contribution in [1.82, 2.24) is 0 Å². The molecule has 1 aliphatic carbocycles. The molecule has 0 saturated carbocycles. The summed E-state index contributed by atoms with van der Waals surface area (Å²) in [7, 11) is 0. The normalized spacial score (nSPS) is 15.5. The Morgan fingerprint density at radius 1 is 1.05 bits per heavy atom. The fraction of sp³-hybridized carbons (Fsp3) is 0.286. The van der Waals surface area contributed by atoms with Gasteiger partial charge in [0, 0.05) is 11.8 Å². The van der Waals surface area contributed by atoms with E-state index in [9.17, 15) is 0 Å². The van der Waals surface area contributed by atoms with Gasteiger partial charge in [-0.25, -0.2) is 0 Å². The maximum absolute atomic E-state index is 4.77. The Kier molecular flexibility index (Phi) is 3.74. The standard InChI is InChI=1S/C21H23N/c1-15-8-7-11-17(15)19-13-12-16-9-5-6-10-18(16)20(19)14-22-21(2,3)4/h5-10,12-14H,11H2,1-4H3/b22-14+. The Labute approximate surface area is 133 Å². The average Bonchev–Trinajstić information content (AvgIpc) is 2.89. The molecule has 1 heteroatoms. The van der Waals surface area contributed by atoms with Gasteiger partial charge in [0.15, 0.2) is 0 Å². The largest absolute Gasteiger partial charge is 0.287 e. The fourth-order valence-electron chi connectivity index (χ4n) is 2.89. The van der Waals surface area contributed by atoms with Crippen LogP contribution in [0.1, 0.15) is 45.2 Å². The summed E-state index contributed by atoms with van der Waals surface area (Å²) in [5.74, 6) is 0. The molecule has 0 fully saturated rings. The molecule has 112 valence electrons. The molecule has 2 aromatic rings. The van der Waals surface area contributed by atoms with Crippen LogP contribution < -0.4 is 0 Å². The van der Waals surface area contributed by atoms with Crippen molar-refractivity contribution in [3.05, 3.63) is 65.3 Å². The van der Waals surface area contributed by atoms with E-state index in [4.69, 9.17) is 4.99 Å². The summed E-state index contributed by atoms with van der Waals surface area (Å²) in [4.78, 5) is 4.77. The fourth-order valence-corrected chi connectivity index (χ4v) is 2.89. The molecule has 0 amide bonds. The van der Waals surface area contributed by atoms with Gasteiger partial charge in [0.05, 0.1) is 5.54 Å². The Hall–Kier alpha value is -2.15. The van der Waals surface area contributed by atoms with Gasteiger partial charge in [-0.1, -0.05) is 48.6 Å². The zero-order valence-electron chi connectivity index (χ0n) is 13.9. The number of fused-ring (bicyclic) bond motifs is 1.